The maximum atomic E-state index is 9.02. The number of imidazole rings is 1. The molecule has 4 nitrogen and oxygen atoms in total. The predicted molar refractivity (Wildman–Crippen MR) is 74.1 cm³/mol. The molecule has 1 N–H and O–H groups in total. The van der Waals surface area contributed by atoms with Gasteiger partial charge in [-0.1, -0.05) is 11.6 Å². The molecule has 19 heavy (non-hydrogen) atoms. The number of nitrogens with zero attached hydrogens (tertiary/aromatic N) is 2. The number of hydrogen-bond donors (Lipinski definition) is 1. The molecule has 0 spiro atoms. The van der Waals surface area contributed by atoms with Gasteiger partial charge in [-0.2, -0.15) is 0 Å². The highest BCUT2D eigenvalue weighted by molar-refractivity contribution is 6.31. The van der Waals surface area contributed by atoms with E-state index in [9.17, 15) is 0 Å². The van der Waals surface area contributed by atoms with Crippen molar-refractivity contribution < 1.29 is 9.52 Å². The van der Waals surface area contributed by atoms with Crippen LogP contribution in [0.25, 0.3) is 22.6 Å². The van der Waals surface area contributed by atoms with Gasteiger partial charge in [0.15, 0.2) is 11.6 Å². The first-order valence-electron chi connectivity index (χ1n) is 6.10. The molecular formula is C14H13ClN2O2. The van der Waals surface area contributed by atoms with E-state index in [1.807, 2.05) is 34.9 Å². The van der Waals surface area contributed by atoms with E-state index in [1.165, 1.54) is 0 Å². The number of hydrogen-bond acceptors (Lipinski definition) is 3. The first kappa shape index (κ1) is 12.3. The number of benzene rings is 1. The minimum absolute atomic E-state index is 0.144. The Hall–Kier alpha value is -1.78. The molecule has 3 rings (SSSR count). The van der Waals surface area contributed by atoms with Crippen LogP contribution in [-0.2, 0) is 6.54 Å². The summed E-state index contributed by atoms with van der Waals surface area (Å²) in [5, 5.41) is 9.68. The zero-order valence-corrected chi connectivity index (χ0v) is 11.0. The number of rotatable bonds is 4. The summed E-state index contributed by atoms with van der Waals surface area (Å²) in [7, 11) is 0. The van der Waals surface area contributed by atoms with Crippen molar-refractivity contribution in [3.63, 3.8) is 0 Å². The van der Waals surface area contributed by atoms with Gasteiger partial charge in [-0.25, -0.2) is 4.98 Å². The fourth-order valence-corrected chi connectivity index (χ4v) is 2.32. The van der Waals surface area contributed by atoms with Gasteiger partial charge in [-0.3, -0.25) is 0 Å². The monoisotopic (exact) mass is 276 g/mol. The Morgan fingerprint density at radius 3 is 2.95 bits per heavy atom. The summed E-state index contributed by atoms with van der Waals surface area (Å²) >= 11 is 6.00. The van der Waals surface area contributed by atoms with E-state index < -0.39 is 0 Å². The van der Waals surface area contributed by atoms with Gasteiger partial charge in [0.25, 0.3) is 0 Å². The molecule has 0 fully saturated rings. The van der Waals surface area contributed by atoms with Crippen molar-refractivity contribution in [2.45, 2.75) is 13.0 Å². The summed E-state index contributed by atoms with van der Waals surface area (Å²) < 4.78 is 7.46. The van der Waals surface area contributed by atoms with Crippen molar-refractivity contribution in [1.82, 2.24) is 9.55 Å². The fraction of sp³-hybridized carbons (Fsp3) is 0.214. The lowest BCUT2D eigenvalue weighted by Gasteiger charge is -2.06. The van der Waals surface area contributed by atoms with Crippen molar-refractivity contribution in [2.24, 2.45) is 0 Å². The highest BCUT2D eigenvalue weighted by atomic mass is 35.5. The second kappa shape index (κ2) is 5.07. The average molecular weight is 277 g/mol. The molecular weight excluding hydrogens is 264 g/mol. The van der Waals surface area contributed by atoms with Crippen LogP contribution in [0.4, 0.5) is 0 Å². The number of aromatic nitrogens is 2. The Labute approximate surface area is 115 Å². The van der Waals surface area contributed by atoms with Gasteiger partial charge in [0, 0.05) is 18.2 Å². The van der Waals surface area contributed by atoms with E-state index in [1.54, 1.807) is 6.26 Å². The molecule has 0 aliphatic heterocycles. The summed E-state index contributed by atoms with van der Waals surface area (Å²) in [6.45, 7) is 0.829. The van der Waals surface area contributed by atoms with Crippen molar-refractivity contribution in [3.05, 3.63) is 41.6 Å². The van der Waals surface area contributed by atoms with Crippen LogP contribution in [0, 0.1) is 0 Å². The standard InChI is InChI=1S/C14H13ClN2O2/c15-10-4-5-12-11(9-10)16-14(13-3-1-8-19-13)17(12)6-2-7-18/h1,3-5,8-9,18H,2,6-7H2. The lowest BCUT2D eigenvalue weighted by Crippen LogP contribution is -2.02. The van der Waals surface area contributed by atoms with Gasteiger partial charge in [0.1, 0.15) is 0 Å². The van der Waals surface area contributed by atoms with E-state index in [0.29, 0.717) is 23.7 Å². The molecule has 3 aromatic rings. The molecule has 0 aliphatic rings. The molecule has 0 saturated heterocycles. The molecule has 0 radical (unpaired) electrons. The van der Waals surface area contributed by atoms with Crippen LogP contribution < -0.4 is 0 Å². The number of fused-ring (bicyclic) bond motifs is 1. The van der Waals surface area contributed by atoms with E-state index >= 15 is 0 Å². The van der Waals surface area contributed by atoms with Gasteiger partial charge in [0.05, 0.1) is 17.3 Å². The Balaban J connectivity index is 2.18. The molecule has 98 valence electrons. The van der Waals surface area contributed by atoms with E-state index in [2.05, 4.69) is 4.98 Å². The van der Waals surface area contributed by atoms with Crippen LogP contribution in [0.15, 0.2) is 41.0 Å². The Morgan fingerprint density at radius 1 is 1.32 bits per heavy atom. The van der Waals surface area contributed by atoms with Gasteiger partial charge in [-0.15, -0.1) is 0 Å². The fourth-order valence-electron chi connectivity index (χ4n) is 2.15. The smallest absolute Gasteiger partial charge is 0.177 e. The first-order valence-corrected chi connectivity index (χ1v) is 6.48. The summed E-state index contributed by atoms with van der Waals surface area (Å²) in [5.41, 5.74) is 1.82. The van der Waals surface area contributed by atoms with Gasteiger partial charge >= 0.3 is 0 Å². The second-order valence-corrected chi connectivity index (χ2v) is 4.71. The summed E-state index contributed by atoms with van der Waals surface area (Å²) in [6.07, 6.45) is 2.29. The number of halogens is 1. The number of aliphatic hydroxyl groups is 1. The zero-order valence-electron chi connectivity index (χ0n) is 10.2. The molecule has 2 heterocycles. The number of furan rings is 1. The third-order valence-electron chi connectivity index (χ3n) is 2.99. The minimum Gasteiger partial charge on any atom is -0.461 e. The normalized spacial score (nSPS) is 11.3. The molecule has 5 heteroatoms. The average Bonchev–Trinajstić information content (AvgIpc) is 3.02. The molecule has 0 saturated carbocycles. The van der Waals surface area contributed by atoms with Crippen LogP contribution >= 0.6 is 11.6 Å². The summed E-state index contributed by atoms with van der Waals surface area (Å²) in [6, 6.07) is 9.32. The zero-order chi connectivity index (χ0) is 13.2. The highest BCUT2D eigenvalue weighted by Gasteiger charge is 2.14. The molecule has 2 aromatic heterocycles. The predicted octanol–water partition coefficient (Wildman–Crippen LogP) is 3.33. The van der Waals surface area contributed by atoms with Crippen molar-refractivity contribution in [2.75, 3.05) is 6.61 Å². The Bertz CT molecular complexity index is 689. The third kappa shape index (κ3) is 2.25. The van der Waals surface area contributed by atoms with Crippen molar-refractivity contribution in [3.8, 4) is 11.6 Å². The molecule has 0 bridgehead atoms. The van der Waals surface area contributed by atoms with Crippen LogP contribution in [0.5, 0.6) is 0 Å². The lowest BCUT2D eigenvalue weighted by molar-refractivity contribution is 0.280. The van der Waals surface area contributed by atoms with E-state index in [-0.39, 0.29) is 6.61 Å². The third-order valence-corrected chi connectivity index (χ3v) is 3.23. The minimum atomic E-state index is 0.144. The molecule has 0 unspecified atom stereocenters. The van der Waals surface area contributed by atoms with Crippen molar-refractivity contribution in [1.29, 1.82) is 0 Å². The van der Waals surface area contributed by atoms with E-state index in [0.717, 1.165) is 16.9 Å². The lowest BCUT2D eigenvalue weighted by atomic mass is 10.3. The quantitative estimate of drug-likeness (QED) is 0.795. The Morgan fingerprint density at radius 2 is 2.21 bits per heavy atom. The largest absolute Gasteiger partial charge is 0.461 e. The SMILES string of the molecule is OCCCn1c(-c2ccco2)nc2cc(Cl)ccc21. The van der Waals surface area contributed by atoms with Gasteiger partial charge < -0.3 is 14.1 Å². The molecule has 0 atom stereocenters. The van der Waals surface area contributed by atoms with Crippen LogP contribution in [0.1, 0.15) is 6.42 Å². The van der Waals surface area contributed by atoms with Crippen molar-refractivity contribution >= 4 is 22.6 Å². The number of aliphatic hydroxyl groups excluding tert-OH is 1. The topological polar surface area (TPSA) is 51.2 Å². The van der Waals surface area contributed by atoms with Crippen LogP contribution in [-0.4, -0.2) is 21.3 Å². The van der Waals surface area contributed by atoms with Gasteiger partial charge in [-0.05, 0) is 36.8 Å². The highest BCUT2D eigenvalue weighted by Crippen LogP contribution is 2.27. The van der Waals surface area contributed by atoms with Crippen LogP contribution in [0.2, 0.25) is 5.02 Å². The van der Waals surface area contributed by atoms with E-state index in [4.69, 9.17) is 21.1 Å². The molecule has 0 amide bonds. The maximum Gasteiger partial charge on any atom is 0.177 e. The summed E-state index contributed by atoms with van der Waals surface area (Å²) in [4.78, 5) is 4.57. The first-order chi connectivity index (χ1) is 9.29. The molecule has 1 aromatic carbocycles. The van der Waals surface area contributed by atoms with Crippen LogP contribution in [0.3, 0.4) is 0 Å². The number of aryl methyl sites for hydroxylation is 1. The second-order valence-electron chi connectivity index (χ2n) is 4.27. The maximum absolute atomic E-state index is 9.02. The molecule has 0 aliphatic carbocycles. The van der Waals surface area contributed by atoms with Gasteiger partial charge in [0.2, 0.25) is 0 Å². The summed E-state index contributed by atoms with van der Waals surface area (Å²) in [5.74, 6) is 1.47. The Kier molecular flexibility index (Phi) is 3.27.